The van der Waals surface area contributed by atoms with Crippen LogP contribution >= 0.6 is 0 Å². The van der Waals surface area contributed by atoms with Crippen molar-refractivity contribution in [2.45, 2.75) is 33.6 Å². The number of nitrogens with one attached hydrogen (secondary N) is 1. The minimum atomic E-state index is -0.426. The lowest BCUT2D eigenvalue weighted by Gasteiger charge is -2.30. The van der Waals surface area contributed by atoms with Crippen LogP contribution in [-0.2, 0) is 9.53 Å². The van der Waals surface area contributed by atoms with Crippen LogP contribution in [0.25, 0.3) is 0 Å². The predicted octanol–water partition coefficient (Wildman–Crippen LogP) is 1.15. The molecule has 1 aromatic rings. The zero-order chi connectivity index (χ0) is 17.1. The fraction of sp³-hybridized carbons (Fsp3) is 0.562. The van der Waals surface area contributed by atoms with Crippen molar-refractivity contribution < 1.29 is 19.1 Å². The van der Waals surface area contributed by atoms with Crippen molar-refractivity contribution in [1.29, 1.82) is 0 Å². The second-order valence-corrected chi connectivity index (χ2v) is 5.81. The van der Waals surface area contributed by atoms with Crippen molar-refractivity contribution in [2.24, 2.45) is 11.7 Å². The van der Waals surface area contributed by atoms with Gasteiger partial charge >= 0.3 is 5.97 Å². The zero-order valence-corrected chi connectivity index (χ0v) is 13.8. The number of esters is 1. The van der Waals surface area contributed by atoms with Gasteiger partial charge in [0.05, 0.1) is 12.2 Å². The van der Waals surface area contributed by atoms with Gasteiger partial charge in [-0.25, -0.2) is 4.79 Å². The third-order valence-electron chi connectivity index (χ3n) is 4.32. The molecule has 0 atom stereocenters. The number of nitrogens with two attached hydrogens (primary N) is 1. The summed E-state index contributed by atoms with van der Waals surface area (Å²) in [5.74, 6) is -1.07. The molecule has 0 aromatic carbocycles. The van der Waals surface area contributed by atoms with Crippen molar-refractivity contribution in [3.63, 3.8) is 0 Å². The van der Waals surface area contributed by atoms with E-state index in [2.05, 4.69) is 4.98 Å². The van der Waals surface area contributed by atoms with E-state index < -0.39 is 5.97 Å². The third-order valence-corrected chi connectivity index (χ3v) is 4.32. The van der Waals surface area contributed by atoms with E-state index in [0.29, 0.717) is 48.4 Å². The van der Waals surface area contributed by atoms with Crippen LogP contribution in [-0.4, -0.2) is 47.4 Å². The monoisotopic (exact) mass is 321 g/mol. The Labute approximate surface area is 135 Å². The smallest absolute Gasteiger partial charge is 0.340 e. The van der Waals surface area contributed by atoms with Gasteiger partial charge in [0.15, 0.2) is 0 Å². The van der Waals surface area contributed by atoms with E-state index in [1.807, 2.05) is 0 Å². The number of aromatic amines is 1. The summed E-state index contributed by atoms with van der Waals surface area (Å²) >= 11 is 0. The lowest BCUT2D eigenvalue weighted by Crippen LogP contribution is -2.42. The maximum absolute atomic E-state index is 12.7. The largest absolute Gasteiger partial charge is 0.462 e. The van der Waals surface area contributed by atoms with Crippen LogP contribution in [0.4, 0.5) is 0 Å². The molecule has 0 bridgehead atoms. The molecular weight excluding hydrogens is 298 g/mol. The molecule has 7 nitrogen and oxygen atoms in total. The Morgan fingerprint density at radius 2 is 1.87 bits per heavy atom. The Morgan fingerprint density at radius 3 is 2.39 bits per heavy atom. The van der Waals surface area contributed by atoms with Gasteiger partial charge in [-0.3, -0.25) is 9.59 Å². The van der Waals surface area contributed by atoms with Gasteiger partial charge in [0, 0.05) is 24.7 Å². The third kappa shape index (κ3) is 3.38. The molecule has 0 aliphatic carbocycles. The fourth-order valence-electron chi connectivity index (χ4n) is 3.00. The zero-order valence-electron chi connectivity index (χ0n) is 13.8. The SMILES string of the molecule is CCOC(=O)c1c(C)[nH]c(C(=O)N2CCC(C(N)=O)CC2)c1C. The highest BCUT2D eigenvalue weighted by molar-refractivity contribution is 6.00. The number of aromatic nitrogens is 1. The summed E-state index contributed by atoms with van der Waals surface area (Å²) < 4.78 is 5.03. The Balaban J connectivity index is 2.16. The molecule has 2 rings (SSSR count). The molecule has 23 heavy (non-hydrogen) atoms. The standard InChI is InChI=1S/C16H23N3O4/c1-4-23-16(22)12-9(2)13(18-10(12)3)15(21)19-7-5-11(6-8-19)14(17)20/h11,18H,4-8H2,1-3H3,(H2,17,20). The molecule has 0 radical (unpaired) electrons. The number of hydrogen-bond donors (Lipinski definition) is 2. The van der Waals surface area contributed by atoms with Crippen LogP contribution in [0.3, 0.4) is 0 Å². The quantitative estimate of drug-likeness (QED) is 0.811. The summed E-state index contributed by atoms with van der Waals surface area (Å²) in [6.45, 7) is 6.48. The first-order chi connectivity index (χ1) is 10.9. The van der Waals surface area contributed by atoms with Crippen molar-refractivity contribution >= 4 is 17.8 Å². The molecule has 0 unspecified atom stereocenters. The summed E-state index contributed by atoms with van der Waals surface area (Å²) in [4.78, 5) is 40.6. The van der Waals surface area contributed by atoms with Crippen LogP contribution in [0.15, 0.2) is 0 Å². The van der Waals surface area contributed by atoms with E-state index in [1.54, 1.807) is 25.7 Å². The van der Waals surface area contributed by atoms with Gasteiger partial charge in [-0.2, -0.15) is 0 Å². The van der Waals surface area contributed by atoms with Crippen molar-refractivity contribution in [3.8, 4) is 0 Å². The maximum Gasteiger partial charge on any atom is 0.340 e. The van der Waals surface area contributed by atoms with Crippen LogP contribution in [0.5, 0.6) is 0 Å². The lowest BCUT2D eigenvalue weighted by atomic mass is 9.96. The number of amides is 2. The molecule has 2 heterocycles. The minimum absolute atomic E-state index is 0.163. The Kier molecular flexibility index (Phi) is 5.08. The average Bonchev–Trinajstić information content (AvgIpc) is 2.81. The van der Waals surface area contributed by atoms with Gasteiger partial charge in [0.2, 0.25) is 5.91 Å². The summed E-state index contributed by atoms with van der Waals surface area (Å²) in [5.41, 5.74) is 7.35. The first-order valence-corrected chi connectivity index (χ1v) is 7.81. The average molecular weight is 321 g/mol. The molecule has 1 aliphatic rings. The number of primary amides is 1. The lowest BCUT2D eigenvalue weighted by molar-refractivity contribution is -0.123. The van der Waals surface area contributed by atoms with E-state index in [-0.39, 0.29) is 24.3 Å². The van der Waals surface area contributed by atoms with E-state index in [0.717, 1.165) is 0 Å². The number of ether oxygens (including phenoxy) is 1. The van der Waals surface area contributed by atoms with Crippen LogP contribution < -0.4 is 5.73 Å². The molecular formula is C16H23N3O4. The van der Waals surface area contributed by atoms with Crippen LogP contribution in [0.2, 0.25) is 0 Å². The molecule has 3 N–H and O–H groups in total. The van der Waals surface area contributed by atoms with Crippen molar-refractivity contribution in [1.82, 2.24) is 9.88 Å². The van der Waals surface area contributed by atoms with Crippen LogP contribution in [0, 0.1) is 19.8 Å². The van der Waals surface area contributed by atoms with E-state index in [4.69, 9.17) is 10.5 Å². The molecule has 1 aliphatic heterocycles. The molecule has 1 aromatic heterocycles. The minimum Gasteiger partial charge on any atom is -0.462 e. The van der Waals surface area contributed by atoms with Gasteiger partial charge in [0.25, 0.3) is 5.91 Å². The predicted molar refractivity (Wildman–Crippen MR) is 84.0 cm³/mol. The normalized spacial score (nSPS) is 15.5. The van der Waals surface area contributed by atoms with E-state index in [9.17, 15) is 14.4 Å². The molecule has 2 amide bonds. The number of likely N-dealkylation sites (tertiary alicyclic amines) is 1. The highest BCUT2D eigenvalue weighted by Gasteiger charge is 2.30. The first kappa shape index (κ1) is 17.1. The first-order valence-electron chi connectivity index (χ1n) is 7.81. The summed E-state index contributed by atoms with van der Waals surface area (Å²) in [5, 5.41) is 0. The number of nitrogens with zero attached hydrogens (tertiary/aromatic N) is 1. The number of H-pyrrole nitrogens is 1. The fourth-order valence-corrected chi connectivity index (χ4v) is 3.00. The number of piperidine rings is 1. The molecule has 0 saturated carbocycles. The molecule has 0 spiro atoms. The Morgan fingerprint density at radius 1 is 1.26 bits per heavy atom. The second-order valence-electron chi connectivity index (χ2n) is 5.81. The molecule has 1 saturated heterocycles. The molecule has 1 fully saturated rings. The van der Waals surface area contributed by atoms with Gasteiger partial charge in [-0.15, -0.1) is 0 Å². The van der Waals surface area contributed by atoms with Crippen LogP contribution in [0.1, 0.15) is 51.9 Å². The van der Waals surface area contributed by atoms with E-state index >= 15 is 0 Å². The summed E-state index contributed by atoms with van der Waals surface area (Å²) in [7, 11) is 0. The summed E-state index contributed by atoms with van der Waals surface area (Å²) in [6.07, 6.45) is 1.15. The van der Waals surface area contributed by atoms with Crippen molar-refractivity contribution in [2.75, 3.05) is 19.7 Å². The number of rotatable bonds is 4. The van der Waals surface area contributed by atoms with Gasteiger partial charge in [-0.1, -0.05) is 0 Å². The van der Waals surface area contributed by atoms with Gasteiger partial charge in [-0.05, 0) is 39.2 Å². The highest BCUT2D eigenvalue weighted by atomic mass is 16.5. The number of carbonyl (C=O) groups is 3. The van der Waals surface area contributed by atoms with Gasteiger partial charge < -0.3 is 20.4 Å². The second kappa shape index (κ2) is 6.85. The number of hydrogen-bond acceptors (Lipinski definition) is 4. The van der Waals surface area contributed by atoms with E-state index in [1.165, 1.54) is 0 Å². The Hall–Kier alpha value is -2.31. The highest BCUT2D eigenvalue weighted by Crippen LogP contribution is 2.23. The summed E-state index contributed by atoms with van der Waals surface area (Å²) in [6, 6.07) is 0. The van der Waals surface area contributed by atoms with Gasteiger partial charge in [0.1, 0.15) is 5.69 Å². The van der Waals surface area contributed by atoms with Crippen molar-refractivity contribution in [3.05, 3.63) is 22.5 Å². The maximum atomic E-state index is 12.7. The number of carbonyl (C=O) groups excluding carboxylic acids is 3. The number of aryl methyl sites for hydroxylation is 1. The molecule has 7 heteroatoms. The topological polar surface area (TPSA) is 105 Å². The molecule has 126 valence electrons. The Bertz CT molecular complexity index is 628.